The summed E-state index contributed by atoms with van der Waals surface area (Å²) < 4.78 is 24.9. The largest absolute Gasteiger partial charge is 0.740 e. The predicted octanol–water partition coefficient (Wildman–Crippen LogP) is 1.40. The van der Waals surface area contributed by atoms with Gasteiger partial charge in [0.15, 0.2) is 0 Å². The van der Waals surface area contributed by atoms with Crippen molar-refractivity contribution >= 4 is 28.6 Å². The van der Waals surface area contributed by atoms with Gasteiger partial charge in [-0.25, -0.2) is 4.21 Å². The van der Waals surface area contributed by atoms with Crippen LogP contribution in [0.25, 0.3) is 0 Å². The Morgan fingerprint density at radius 3 is 2.77 bits per heavy atom. The lowest BCUT2D eigenvalue weighted by Crippen LogP contribution is -2.01. The number of nitrogens with two attached hydrogens (primary N) is 1. The van der Waals surface area contributed by atoms with Gasteiger partial charge in [0.1, 0.15) is 17.1 Å². The van der Waals surface area contributed by atoms with E-state index < -0.39 is 11.4 Å². The van der Waals surface area contributed by atoms with Crippen LogP contribution >= 0.6 is 11.6 Å². The van der Waals surface area contributed by atoms with Gasteiger partial charge in [-0.3, -0.25) is 0 Å². The molecule has 4 nitrogen and oxygen atoms in total. The SMILES string of the molecule is Cc1c(N)cc(Cl)cc1OS(=O)[O-]. The number of hydrogen-bond acceptors (Lipinski definition) is 4. The van der Waals surface area contributed by atoms with Crippen LogP contribution in [-0.4, -0.2) is 8.76 Å². The van der Waals surface area contributed by atoms with Crippen LogP contribution in [0.2, 0.25) is 5.02 Å². The van der Waals surface area contributed by atoms with Gasteiger partial charge in [0.05, 0.1) is 0 Å². The minimum absolute atomic E-state index is 0.151. The van der Waals surface area contributed by atoms with E-state index in [0.717, 1.165) is 0 Å². The average Bonchev–Trinajstić information content (AvgIpc) is 1.98. The summed E-state index contributed by atoms with van der Waals surface area (Å²) in [5.74, 6) is 0.151. The van der Waals surface area contributed by atoms with Crippen molar-refractivity contribution in [1.82, 2.24) is 0 Å². The number of anilines is 1. The molecule has 0 bridgehead atoms. The monoisotopic (exact) mass is 220 g/mol. The van der Waals surface area contributed by atoms with Crippen molar-refractivity contribution in [3.63, 3.8) is 0 Å². The maximum Gasteiger partial charge on any atom is 0.145 e. The van der Waals surface area contributed by atoms with E-state index in [2.05, 4.69) is 4.18 Å². The van der Waals surface area contributed by atoms with Crippen molar-refractivity contribution < 1.29 is 12.9 Å². The molecule has 1 unspecified atom stereocenters. The van der Waals surface area contributed by atoms with E-state index in [-0.39, 0.29) is 5.75 Å². The Morgan fingerprint density at radius 2 is 2.23 bits per heavy atom. The van der Waals surface area contributed by atoms with Crippen molar-refractivity contribution in [3.8, 4) is 5.75 Å². The molecule has 0 heterocycles. The first-order valence-corrected chi connectivity index (χ1v) is 4.71. The fourth-order valence-electron chi connectivity index (χ4n) is 0.834. The van der Waals surface area contributed by atoms with Crippen LogP contribution in [-0.2, 0) is 11.4 Å². The Kier molecular flexibility index (Phi) is 3.13. The first-order valence-electron chi connectivity index (χ1n) is 3.34. The molecule has 6 heteroatoms. The summed E-state index contributed by atoms with van der Waals surface area (Å²) in [7, 11) is 0. The summed E-state index contributed by atoms with van der Waals surface area (Å²) >= 11 is 3.04. The lowest BCUT2D eigenvalue weighted by molar-refractivity contribution is 0.439. The smallest absolute Gasteiger partial charge is 0.145 e. The van der Waals surface area contributed by atoms with E-state index in [1.165, 1.54) is 12.1 Å². The number of rotatable bonds is 2. The molecule has 1 rings (SSSR count). The summed E-state index contributed by atoms with van der Waals surface area (Å²) in [6, 6.07) is 2.92. The Morgan fingerprint density at radius 1 is 1.62 bits per heavy atom. The highest BCUT2D eigenvalue weighted by Crippen LogP contribution is 2.28. The van der Waals surface area contributed by atoms with Gasteiger partial charge in [-0.1, -0.05) is 11.6 Å². The predicted molar refractivity (Wildman–Crippen MR) is 50.1 cm³/mol. The Labute approximate surface area is 83.1 Å². The minimum Gasteiger partial charge on any atom is -0.740 e. The maximum atomic E-state index is 10.2. The summed E-state index contributed by atoms with van der Waals surface area (Å²) in [6.07, 6.45) is 0. The van der Waals surface area contributed by atoms with Gasteiger partial charge in [-0.2, -0.15) is 0 Å². The topological polar surface area (TPSA) is 75.4 Å². The van der Waals surface area contributed by atoms with Crippen molar-refractivity contribution in [3.05, 3.63) is 22.7 Å². The fourth-order valence-corrected chi connectivity index (χ4v) is 1.37. The molecule has 0 aliphatic carbocycles. The number of nitrogen functional groups attached to an aromatic ring is 1. The molecule has 2 N–H and O–H groups in total. The molecule has 0 fully saturated rings. The molecule has 0 amide bonds. The molecule has 0 saturated heterocycles. The van der Waals surface area contributed by atoms with Crippen LogP contribution in [0.3, 0.4) is 0 Å². The summed E-state index contributed by atoms with van der Waals surface area (Å²) in [4.78, 5) is 0. The Bertz CT molecular complexity index is 356. The van der Waals surface area contributed by atoms with Crippen LogP contribution in [0.1, 0.15) is 5.56 Å². The molecule has 13 heavy (non-hydrogen) atoms. The zero-order valence-electron chi connectivity index (χ0n) is 6.74. The molecule has 0 radical (unpaired) electrons. The zero-order chi connectivity index (χ0) is 10.0. The van der Waals surface area contributed by atoms with E-state index in [0.29, 0.717) is 16.3 Å². The lowest BCUT2D eigenvalue weighted by atomic mass is 10.2. The quantitative estimate of drug-likeness (QED) is 0.604. The molecular formula is C7H7ClNO3S-. The van der Waals surface area contributed by atoms with Gasteiger partial charge < -0.3 is 14.5 Å². The highest BCUT2D eigenvalue weighted by atomic mass is 35.5. The number of halogens is 1. The molecule has 72 valence electrons. The van der Waals surface area contributed by atoms with Crippen LogP contribution in [0, 0.1) is 6.92 Å². The minimum atomic E-state index is -2.61. The van der Waals surface area contributed by atoms with Crippen LogP contribution in [0.5, 0.6) is 5.75 Å². The third-order valence-corrected chi connectivity index (χ3v) is 2.06. The first-order chi connectivity index (χ1) is 6.00. The van der Waals surface area contributed by atoms with Gasteiger partial charge in [-0.15, -0.1) is 0 Å². The molecule has 0 spiro atoms. The number of hydrogen-bond donors (Lipinski definition) is 1. The molecular weight excluding hydrogens is 214 g/mol. The second kappa shape index (κ2) is 3.95. The molecule has 0 aromatic heterocycles. The van der Waals surface area contributed by atoms with Gasteiger partial charge in [0.25, 0.3) is 0 Å². The second-order valence-electron chi connectivity index (χ2n) is 2.41. The van der Waals surface area contributed by atoms with Crippen LogP contribution in [0.4, 0.5) is 5.69 Å². The van der Waals surface area contributed by atoms with Crippen molar-refractivity contribution in [2.75, 3.05) is 5.73 Å². The van der Waals surface area contributed by atoms with Gasteiger partial charge >= 0.3 is 0 Å². The van der Waals surface area contributed by atoms with Crippen molar-refractivity contribution in [2.24, 2.45) is 0 Å². The highest BCUT2D eigenvalue weighted by molar-refractivity contribution is 7.74. The lowest BCUT2D eigenvalue weighted by Gasteiger charge is -2.11. The zero-order valence-corrected chi connectivity index (χ0v) is 8.32. The van der Waals surface area contributed by atoms with Gasteiger partial charge in [-0.05, 0) is 13.0 Å². The van der Waals surface area contributed by atoms with E-state index >= 15 is 0 Å². The van der Waals surface area contributed by atoms with E-state index in [1.54, 1.807) is 6.92 Å². The van der Waals surface area contributed by atoms with E-state index in [9.17, 15) is 8.76 Å². The summed E-state index contributed by atoms with van der Waals surface area (Å²) in [6.45, 7) is 1.65. The molecule has 0 aliphatic rings. The Hall–Kier alpha value is -0.780. The molecule has 1 aromatic rings. The van der Waals surface area contributed by atoms with E-state index in [4.69, 9.17) is 17.3 Å². The standard InChI is InChI=1S/C7H8ClNO3S/c1-4-6(9)2-5(8)3-7(4)12-13(10)11/h2-3H,9H2,1H3,(H,10,11)/p-1. The van der Waals surface area contributed by atoms with Crippen LogP contribution < -0.4 is 9.92 Å². The van der Waals surface area contributed by atoms with Crippen molar-refractivity contribution in [2.45, 2.75) is 6.92 Å². The average molecular weight is 221 g/mol. The third-order valence-electron chi connectivity index (χ3n) is 1.52. The van der Waals surface area contributed by atoms with Gasteiger partial charge in [0, 0.05) is 22.3 Å². The van der Waals surface area contributed by atoms with Crippen molar-refractivity contribution in [1.29, 1.82) is 0 Å². The summed E-state index contributed by atoms with van der Waals surface area (Å²) in [5, 5.41) is 0.337. The third kappa shape index (κ3) is 2.58. The highest BCUT2D eigenvalue weighted by Gasteiger charge is 2.05. The summed E-state index contributed by atoms with van der Waals surface area (Å²) in [5.41, 5.74) is 6.48. The molecule has 1 atom stereocenters. The van der Waals surface area contributed by atoms with Gasteiger partial charge in [0.2, 0.25) is 0 Å². The first kappa shape index (κ1) is 10.3. The maximum absolute atomic E-state index is 10.2. The molecule has 0 saturated carbocycles. The van der Waals surface area contributed by atoms with Crippen LogP contribution in [0.15, 0.2) is 12.1 Å². The normalized spacial score (nSPS) is 12.5. The molecule has 0 aliphatic heterocycles. The fraction of sp³-hybridized carbons (Fsp3) is 0.143. The molecule has 1 aromatic carbocycles. The Balaban J connectivity index is 3.12. The number of benzene rings is 1. The van der Waals surface area contributed by atoms with E-state index in [1.807, 2.05) is 0 Å². The second-order valence-corrected chi connectivity index (χ2v) is 3.42.